The molecule has 0 saturated carbocycles. The van der Waals surface area contributed by atoms with Gasteiger partial charge in [-0.25, -0.2) is 0 Å². The number of carbonyl (C=O) groups is 1. The fourth-order valence-corrected chi connectivity index (χ4v) is 0.995. The SMILES string of the molecule is CC(=O)N(C)C.c1ccc2[nH]ccc2c1. The molecule has 0 aliphatic carbocycles. The molecule has 1 aromatic carbocycles. The third-order valence-electron chi connectivity index (χ3n) is 2.09. The quantitative estimate of drug-likeness (QED) is 0.702. The molecule has 0 unspecified atom stereocenters. The number of rotatable bonds is 0. The number of H-pyrrole nitrogens is 1. The normalized spacial score (nSPS) is 9.27. The number of nitrogens with zero attached hydrogens (tertiary/aromatic N) is 1. The van der Waals surface area contributed by atoms with Crippen LogP contribution in [0.25, 0.3) is 10.9 Å². The van der Waals surface area contributed by atoms with E-state index in [-0.39, 0.29) is 5.91 Å². The molecule has 15 heavy (non-hydrogen) atoms. The van der Waals surface area contributed by atoms with Gasteiger partial charge >= 0.3 is 0 Å². The molecule has 0 aliphatic heterocycles. The van der Waals surface area contributed by atoms with E-state index in [1.165, 1.54) is 22.7 Å². The van der Waals surface area contributed by atoms with E-state index >= 15 is 0 Å². The van der Waals surface area contributed by atoms with Crippen molar-refractivity contribution in [2.75, 3.05) is 14.1 Å². The first-order valence-corrected chi connectivity index (χ1v) is 4.81. The lowest BCUT2D eigenvalue weighted by Gasteiger charge is -2.02. The number of amides is 1. The minimum absolute atomic E-state index is 0.0926. The Labute approximate surface area is 89.7 Å². The highest BCUT2D eigenvalue weighted by atomic mass is 16.2. The summed E-state index contributed by atoms with van der Waals surface area (Å²) in [7, 11) is 3.45. The lowest BCUT2D eigenvalue weighted by Crippen LogP contribution is -2.17. The van der Waals surface area contributed by atoms with E-state index in [9.17, 15) is 4.79 Å². The maximum absolute atomic E-state index is 10.1. The topological polar surface area (TPSA) is 36.1 Å². The molecule has 3 nitrogen and oxygen atoms in total. The van der Waals surface area contributed by atoms with E-state index in [0.717, 1.165) is 0 Å². The first-order valence-electron chi connectivity index (χ1n) is 4.81. The smallest absolute Gasteiger partial charge is 0.218 e. The van der Waals surface area contributed by atoms with Gasteiger partial charge in [0.1, 0.15) is 0 Å². The lowest BCUT2D eigenvalue weighted by atomic mass is 10.3. The number of nitrogens with one attached hydrogen (secondary N) is 1. The highest BCUT2D eigenvalue weighted by molar-refractivity contribution is 5.78. The van der Waals surface area contributed by atoms with Crippen molar-refractivity contribution in [3.63, 3.8) is 0 Å². The molecule has 1 aromatic heterocycles. The molecule has 3 heteroatoms. The molecule has 0 bridgehead atoms. The monoisotopic (exact) mass is 204 g/mol. The van der Waals surface area contributed by atoms with Crippen molar-refractivity contribution in [1.82, 2.24) is 9.88 Å². The summed E-state index contributed by atoms with van der Waals surface area (Å²) in [6.07, 6.45) is 1.95. The zero-order chi connectivity index (χ0) is 11.3. The van der Waals surface area contributed by atoms with Crippen molar-refractivity contribution < 1.29 is 4.79 Å². The molecule has 1 N–H and O–H groups in total. The molecule has 80 valence electrons. The average molecular weight is 204 g/mol. The van der Waals surface area contributed by atoms with Crippen LogP contribution in [-0.4, -0.2) is 29.9 Å². The Hall–Kier alpha value is -1.77. The number of fused-ring (bicyclic) bond motifs is 1. The zero-order valence-electron chi connectivity index (χ0n) is 9.32. The fourth-order valence-electron chi connectivity index (χ4n) is 0.995. The van der Waals surface area contributed by atoms with Gasteiger partial charge in [-0.3, -0.25) is 4.79 Å². The van der Waals surface area contributed by atoms with Gasteiger partial charge < -0.3 is 9.88 Å². The van der Waals surface area contributed by atoms with Crippen LogP contribution in [0, 0.1) is 0 Å². The average Bonchev–Trinajstić information content (AvgIpc) is 2.66. The molecule has 0 radical (unpaired) electrons. The summed E-state index contributed by atoms with van der Waals surface area (Å²) >= 11 is 0. The first-order chi connectivity index (χ1) is 7.11. The van der Waals surface area contributed by atoms with Crippen molar-refractivity contribution in [2.24, 2.45) is 0 Å². The summed E-state index contributed by atoms with van der Waals surface area (Å²) in [5, 5.41) is 1.28. The third kappa shape index (κ3) is 3.46. The minimum Gasteiger partial charge on any atom is -0.361 e. The van der Waals surface area contributed by atoms with E-state index in [2.05, 4.69) is 23.2 Å². The van der Waals surface area contributed by atoms with Crippen LogP contribution in [0.4, 0.5) is 0 Å². The summed E-state index contributed by atoms with van der Waals surface area (Å²) in [6, 6.07) is 10.3. The number of aromatic nitrogens is 1. The van der Waals surface area contributed by atoms with E-state index in [1.807, 2.05) is 18.3 Å². The number of hydrogen-bond acceptors (Lipinski definition) is 1. The Balaban J connectivity index is 0.000000167. The van der Waals surface area contributed by atoms with Gasteiger partial charge in [0.05, 0.1) is 0 Å². The van der Waals surface area contributed by atoms with Crippen molar-refractivity contribution in [2.45, 2.75) is 6.92 Å². The highest BCUT2D eigenvalue weighted by Gasteiger charge is 1.87. The Morgan fingerprint density at radius 2 is 1.80 bits per heavy atom. The van der Waals surface area contributed by atoms with Gasteiger partial charge in [0, 0.05) is 32.7 Å². The van der Waals surface area contributed by atoms with Crippen LogP contribution in [0.1, 0.15) is 6.92 Å². The van der Waals surface area contributed by atoms with Crippen molar-refractivity contribution in [3.05, 3.63) is 36.5 Å². The van der Waals surface area contributed by atoms with Crippen LogP contribution < -0.4 is 0 Å². The van der Waals surface area contributed by atoms with E-state index in [1.54, 1.807) is 14.1 Å². The maximum Gasteiger partial charge on any atom is 0.218 e. The molecule has 2 aromatic rings. The number of benzene rings is 1. The van der Waals surface area contributed by atoms with Gasteiger partial charge in [-0.05, 0) is 17.5 Å². The van der Waals surface area contributed by atoms with Gasteiger partial charge in [-0.1, -0.05) is 18.2 Å². The predicted octanol–water partition coefficient (Wildman–Crippen LogP) is 2.26. The van der Waals surface area contributed by atoms with Gasteiger partial charge in [-0.2, -0.15) is 0 Å². The Kier molecular flexibility index (Phi) is 3.92. The van der Waals surface area contributed by atoms with Crippen LogP contribution in [0.2, 0.25) is 0 Å². The summed E-state index contributed by atoms with van der Waals surface area (Å²) in [4.78, 5) is 14.7. The maximum atomic E-state index is 10.1. The lowest BCUT2D eigenvalue weighted by molar-refractivity contribution is -0.126. The molecule has 0 saturated heterocycles. The minimum atomic E-state index is 0.0926. The molecular formula is C12H16N2O. The van der Waals surface area contributed by atoms with Crippen LogP contribution >= 0.6 is 0 Å². The van der Waals surface area contributed by atoms with Gasteiger partial charge in [0.2, 0.25) is 5.91 Å². The second-order valence-electron chi connectivity index (χ2n) is 3.48. The molecule has 0 aliphatic rings. The number of hydrogen-bond donors (Lipinski definition) is 1. The molecule has 0 fully saturated rings. The summed E-state index contributed by atoms with van der Waals surface area (Å²) in [5.41, 5.74) is 1.21. The zero-order valence-corrected chi connectivity index (χ0v) is 9.32. The van der Waals surface area contributed by atoms with Crippen LogP contribution in [-0.2, 0) is 4.79 Å². The summed E-state index contributed by atoms with van der Waals surface area (Å²) in [5.74, 6) is 0.0926. The molecule has 0 atom stereocenters. The Morgan fingerprint density at radius 1 is 1.20 bits per heavy atom. The van der Waals surface area contributed by atoms with Crippen LogP contribution in [0.15, 0.2) is 36.5 Å². The summed E-state index contributed by atoms with van der Waals surface area (Å²) in [6.45, 7) is 1.53. The largest absolute Gasteiger partial charge is 0.361 e. The first kappa shape index (κ1) is 11.3. The van der Waals surface area contributed by atoms with Crippen LogP contribution in [0.3, 0.4) is 0 Å². The van der Waals surface area contributed by atoms with Gasteiger partial charge in [0.15, 0.2) is 0 Å². The standard InChI is InChI=1S/C8H7N.C4H9NO/c1-2-4-8-7(3-1)5-6-9-8;1-4(6)5(2)3/h1-6,9H;1-3H3. The second-order valence-corrected chi connectivity index (χ2v) is 3.48. The Bertz CT molecular complexity index is 402. The van der Waals surface area contributed by atoms with E-state index in [0.29, 0.717) is 0 Å². The van der Waals surface area contributed by atoms with E-state index in [4.69, 9.17) is 0 Å². The molecule has 2 rings (SSSR count). The van der Waals surface area contributed by atoms with Crippen molar-refractivity contribution in [1.29, 1.82) is 0 Å². The van der Waals surface area contributed by atoms with Crippen molar-refractivity contribution >= 4 is 16.8 Å². The van der Waals surface area contributed by atoms with Gasteiger partial charge in [-0.15, -0.1) is 0 Å². The molecule has 1 amide bonds. The number of aromatic amines is 1. The fraction of sp³-hybridized carbons (Fsp3) is 0.250. The number of carbonyl (C=O) groups excluding carboxylic acids is 1. The Morgan fingerprint density at radius 3 is 2.33 bits per heavy atom. The molecule has 0 spiro atoms. The summed E-state index contributed by atoms with van der Waals surface area (Å²) < 4.78 is 0. The third-order valence-corrected chi connectivity index (χ3v) is 2.09. The van der Waals surface area contributed by atoms with E-state index < -0.39 is 0 Å². The predicted molar refractivity (Wildman–Crippen MR) is 62.7 cm³/mol. The van der Waals surface area contributed by atoms with Gasteiger partial charge in [0.25, 0.3) is 0 Å². The van der Waals surface area contributed by atoms with Crippen LogP contribution in [0.5, 0.6) is 0 Å². The highest BCUT2D eigenvalue weighted by Crippen LogP contribution is 2.09. The molecular weight excluding hydrogens is 188 g/mol. The number of para-hydroxylation sites is 1. The second kappa shape index (κ2) is 5.20. The molecule has 1 heterocycles. The van der Waals surface area contributed by atoms with Crippen molar-refractivity contribution in [3.8, 4) is 0 Å².